The van der Waals surface area contributed by atoms with Gasteiger partial charge >= 0.3 is 5.97 Å². The number of carbonyl (C=O) groups excluding carboxylic acids is 1. The third kappa shape index (κ3) is 6.28. The molecule has 134 valence electrons. The van der Waals surface area contributed by atoms with Crippen molar-refractivity contribution in [1.29, 1.82) is 0 Å². The van der Waals surface area contributed by atoms with E-state index in [1.807, 2.05) is 0 Å². The Kier molecular flexibility index (Phi) is 6.78. The number of nitrogens with zero attached hydrogens (tertiary/aromatic N) is 1. The maximum Gasteiger partial charge on any atom is 0.339 e. The fraction of sp³-hybridized carbons (Fsp3) is 0.250. The molecule has 1 heterocycles. The van der Waals surface area contributed by atoms with Crippen LogP contribution in [0.2, 0.25) is 10.0 Å². The smallest absolute Gasteiger partial charge is 0.339 e. The van der Waals surface area contributed by atoms with Crippen molar-refractivity contribution in [3.63, 3.8) is 0 Å². The summed E-state index contributed by atoms with van der Waals surface area (Å²) in [6, 6.07) is 8.02. The van der Waals surface area contributed by atoms with Gasteiger partial charge < -0.3 is 4.74 Å². The molecule has 0 aliphatic heterocycles. The lowest BCUT2D eigenvalue weighted by atomic mass is 10.2. The minimum atomic E-state index is -3.50. The van der Waals surface area contributed by atoms with Gasteiger partial charge in [-0.15, -0.1) is 0 Å². The summed E-state index contributed by atoms with van der Waals surface area (Å²) < 4.78 is 31.2. The molecular formula is C16H16Cl2N2O4S. The molecule has 2 rings (SSSR count). The Morgan fingerprint density at radius 3 is 2.44 bits per heavy atom. The summed E-state index contributed by atoms with van der Waals surface area (Å²) in [7, 11) is -2.23. The van der Waals surface area contributed by atoms with Gasteiger partial charge in [-0.25, -0.2) is 17.9 Å². The molecule has 25 heavy (non-hydrogen) atoms. The molecule has 0 unspecified atom stereocenters. The molecule has 0 atom stereocenters. The number of pyridine rings is 1. The van der Waals surface area contributed by atoms with Gasteiger partial charge in [-0.05, 0) is 42.3 Å². The summed E-state index contributed by atoms with van der Waals surface area (Å²) in [5.74, 6) is -0.607. The second kappa shape index (κ2) is 8.62. The molecule has 6 nitrogen and oxygen atoms in total. The van der Waals surface area contributed by atoms with Crippen molar-refractivity contribution in [2.24, 2.45) is 0 Å². The van der Waals surface area contributed by atoms with Gasteiger partial charge in [0.1, 0.15) is 0 Å². The third-order valence-corrected chi connectivity index (χ3v) is 5.06. The molecule has 0 aliphatic rings. The van der Waals surface area contributed by atoms with Crippen LogP contribution in [0.4, 0.5) is 0 Å². The van der Waals surface area contributed by atoms with Crippen molar-refractivity contribution in [3.05, 3.63) is 63.4 Å². The average Bonchev–Trinajstić information content (AvgIpc) is 2.57. The van der Waals surface area contributed by atoms with Crippen LogP contribution in [0.25, 0.3) is 0 Å². The molecule has 1 aromatic carbocycles. The molecule has 0 radical (unpaired) electrons. The summed E-state index contributed by atoms with van der Waals surface area (Å²) in [5, 5.41) is 0.922. The number of esters is 1. The largest absolute Gasteiger partial charge is 0.465 e. The molecular weight excluding hydrogens is 387 g/mol. The summed E-state index contributed by atoms with van der Waals surface area (Å²) in [6.07, 6.45) is 1.62. The molecule has 9 heteroatoms. The normalized spacial score (nSPS) is 11.3. The van der Waals surface area contributed by atoms with E-state index in [2.05, 4.69) is 14.4 Å². The van der Waals surface area contributed by atoms with Crippen molar-refractivity contribution in [3.8, 4) is 0 Å². The molecule has 0 spiro atoms. The highest BCUT2D eigenvalue weighted by molar-refractivity contribution is 7.89. The predicted molar refractivity (Wildman–Crippen MR) is 96.4 cm³/mol. The zero-order chi connectivity index (χ0) is 18.4. The van der Waals surface area contributed by atoms with Crippen molar-refractivity contribution >= 4 is 39.2 Å². The predicted octanol–water partition coefficient (Wildman–Crippen LogP) is 2.84. The van der Waals surface area contributed by atoms with E-state index in [9.17, 15) is 13.2 Å². The van der Waals surface area contributed by atoms with Crippen molar-refractivity contribution < 1.29 is 17.9 Å². The number of rotatable bonds is 7. The number of aromatic nitrogens is 1. The van der Waals surface area contributed by atoms with Gasteiger partial charge in [-0.2, -0.15) is 0 Å². The average molecular weight is 403 g/mol. The van der Waals surface area contributed by atoms with Crippen molar-refractivity contribution in [1.82, 2.24) is 9.71 Å². The van der Waals surface area contributed by atoms with E-state index in [4.69, 9.17) is 23.2 Å². The third-order valence-electron chi connectivity index (χ3n) is 3.30. The summed E-state index contributed by atoms with van der Waals surface area (Å²) in [5.41, 5.74) is 1.53. The van der Waals surface area contributed by atoms with E-state index in [1.165, 1.54) is 19.4 Å². The minimum absolute atomic E-state index is 0.0279. The van der Waals surface area contributed by atoms with E-state index in [1.54, 1.807) is 24.3 Å². The first kappa shape index (κ1) is 19.7. The maximum absolute atomic E-state index is 12.1. The van der Waals surface area contributed by atoms with Crippen molar-refractivity contribution in [2.45, 2.75) is 13.0 Å². The fourth-order valence-corrected chi connectivity index (χ4v) is 3.62. The number of nitrogens with one attached hydrogen (secondary N) is 1. The van der Waals surface area contributed by atoms with Crippen LogP contribution in [0.5, 0.6) is 0 Å². The van der Waals surface area contributed by atoms with Crippen LogP contribution < -0.4 is 4.72 Å². The van der Waals surface area contributed by atoms with E-state index < -0.39 is 16.0 Å². The number of aryl methyl sites for hydroxylation is 1. The summed E-state index contributed by atoms with van der Waals surface area (Å²) in [6.45, 7) is 0.0279. The van der Waals surface area contributed by atoms with E-state index in [-0.39, 0.29) is 18.7 Å². The van der Waals surface area contributed by atoms with E-state index >= 15 is 0 Å². The number of ether oxygens (including phenoxy) is 1. The Bertz CT molecular complexity index is 835. The minimum Gasteiger partial charge on any atom is -0.465 e. The highest BCUT2D eigenvalue weighted by Crippen LogP contribution is 2.19. The SMILES string of the molecule is COC(=O)c1ccc(CNS(=O)(=O)CCc2cc(Cl)cc(Cl)c2)nc1. The molecule has 1 N–H and O–H groups in total. The van der Waals surface area contributed by atoms with Gasteiger partial charge in [0.2, 0.25) is 10.0 Å². The number of sulfonamides is 1. The van der Waals surface area contributed by atoms with Gasteiger partial charge in [0, 0.05) is 16.2 Å². The van der Waals surface area contributed by atoms with Gasteiger partial charge in [0.15, 0.2) is 0 Å². The molecule has 0 saturated heterocycles. The Morgan fingerprint density at radius 1 is 1.20 bits per heavy atom. The zero-order valence-electron chi connectivity index (χ0n) is 13.3. The van der Waals surface area contributed by atoms with E-state index in [0.717, 1.165) is 5.56 Å². The number of carbonyl (C=O) groups is 1. The van der Waals surface area contributed by atoms with E-state index in [0.29, 0.717) is 21.3 Å². The highest BCUT2D eigenvalue weighted by atomic mass is 35.5. The number of halogens is 2. The number of hydrogen-bond acceptors (Lipinski definition) is 5. The first-order chi connectivity index (χ1) is 11.8. The lowest BCUT2D eigenvalue weighted by Gasteiger charge is -2.08. The van der Waals surface area contributed by atoms with Gasteiger partial charge in [0.25, 0.3) is 0 Å². The zero-order valence-corrected chi connectivity index (χ0v) is 15.7. The second-order valence-electron chi connectivity index (χ2n) is 5.20. The van der Waals surface area contributed by atoms with Crippen LogP contribution in [0.15, 0.2) is 36.5 Å². The summed E-state index contributed by atoms with van der Waals surface area (Å²) >= 11 is 11.8. The maximum atomic E-state index is 12.1. The van der Waals surface area contributed by atoms with Gasteiger partial charge in [-0.1, -0.05) is 23.2 Å². The molecule has 1 aromatic heterocycles. The second-order valence-corrected chi connectivity index (χ2v) is 8.00. The van der Waals surface area contributed by atoms with Gasteiger partial charge in [-0.3, -0.25) is 4.98 Å². The first-order valence-electron chi connectivity index (χ1n) is 7.24. The standard InChI is InChI=1S/C16H16Cl2N2O4S/c1-24-16(21)12-2-3-15(19-9-12)10-20-25(22,23)5-4-11-6-13(17)8-14(18)7-11/h2-3,6-9,20H,4-5,10H2,1H3. The molecule has 0 amide bonds. The monoisotopic (exact) mass is 402 g/mol. The number of benzene rings is 1. The summed E-state index contributed by atoms with van der Waals surface area (Å²) in [4.78, 5) is 15.3. The number of methoxy groups -OCH3 is 1. The van der Waals surface area contributed by atoms with Crippen LogP contribution in [0.1, 0.15) is 21.6 Å². The Labute approximate surface area is 156 Å². The van der Waals surface area contributed by atoms with Crippen LogP contribution in [-0.2, 0) is 27.7 Å². The Morgan fingerprint density at radius 2 is 1.88 bits per heavy atom. The Balaban J connectivity index is 1.91. The molecule has 0 bridgehead atoms. The first-order valence-corrected chi connectivity index (χ1v) is 9.65. The van der Waals surface area contributed by atoms with Crippen LogP contribution in [0, 0.1) is 0 Å². The quantitative estimate of drug-likeness (QED) is 0.719. The highest BCUT2D eigenvalue weighted by Gasteiger charge is 2.12. The molecule has 0 aliphatic carbocycles. The Hall–Kier alpha value is -1.67. The van der Waals surface area contributed by atoms with Crippen molar-refractivity contribution in [2.75, 3.05) is 12.9 Å². The topological polar surface area (TPSA) is 85.4 Å². The fourth-order valence-electron chi connectivity index (χ4n) is 2.03. The van der Waals surface area contributed by atoms with Crippen LogP contribution >= 0.6 is 23.2 Å². The number of hydrogen-bond donors (Lipinski definition) is 1. The molecule has 2 aromatic rings. The molecule has 0 fully saturated rings. The lowest BCUT2D eigenvalue weighted by molar-refractivity contribution is 0.0600. The van der Waals surface area contributed by atoms with Gasteiger partial charge in [0.05, 0.1) is 30.7 Å². The lowest BCUT2D eigenvalue weighted by Crippen LogP contribution is -2.27. The van der Waals surface area contributed by atoms with Crippen LogP contribution in [-0.4, -0.2) is 32.2 Å². The van der Waals surface area contributed by atoms with Crippen LogP contribution in [0.3, 0.4) is 0 Å². The molecule has 0 saturated carbocycles.